The van der Waals surface area contributed by atoms with Crippen molar-refractivity contribution < 1.29 is 0 Å². The first-order valence-electron chi connectivity index (χ1n) is 5.60. The standard InChI is InChI=1S/C13H18S/c14-10-2-3-11-6-8-13(9-7-11)12-4-1-5-12/h6-9,12,14H,1-5,10H2. The van der Waals surface area contributed by atoms with Crippen LogP contribution in [0.4, 0.5) is 0 Å². The van der Waals surface area contributed by atoms with E-state index in [-0.39, 0.29) is 0 Å². The highest BCUT2D eigenvalue weighted by Crippen LogP contribution is 2.36. The lowest BCUT2D eigenvalue weighted by atomic mass is 9.80. The van der Waals surface area contributed by atoms with Crippen molar-refractivity contribution in [2.75, 3.05) is 5.75 Å². The number of aryl methyl sites for hydroxylation is 1. The van der Waals surface area contributed by atoms with Crippen LogP contribution in [0.1, 0.15) is 42.7 Å². The molecule has 1 fully saturated rings. The zero-order chi connectivity index (χ0) is 9.80. The van der Waals surface area contributed by atoms with Gasteiger partial charge in [0.15, 0.2) is 0 Å². The summed E-state index contributed by atoms with van der Waals surface area (Å²) in [5.41, 5.74) is 3.01. The minimum absolute atomic E-state index is 0.869. The number of hydrogen-bond donors (Lipinski definition) is 1. The van der Waals surface area contributed by atoms with Gasteiger partial charge in [0.25, 0.3) is 0 Å². The number of hydrogen-bond acceptors (Lipinski definition) is 1. The molecule has 0 heterocycles. The first kappa shape index (κ1) is 10.1. The van der Waals surface area contributed by atoms with Crippen LogP contribution in [0.2, 0.25) is 0 Å². The molecule has 14 heavy (non-hydrogen) atoms. The molecular weight excluding hydrogens is 188 g/mol. The van der Waals surface area contributed by atoms with Gasteiger partial charge < -0.3 is 0 Å². The maximum absolute atomic E-state index is 4.23. The van der Waals surface area contributed by atoms with Crippen LogP contribution in [-0.4, -0.2) is 5.75 Å². The van der Waals surface area contributed by atoms with Gasteiger partial charge in [-0.05, 0) is 48.5 Å². The Kier molecular flexibility index (Phi) is 3.52. The molecule has 1 aromatic rings. The van der Waals surface area contributed by atoms with E-state index in [1.807, 2.05) is 0 Å². The highest BCUT2D eigenvalue weighted by molar-refractivity contribution is 7.80. The third kappa shape index (κ3) is 2.33. The zero-order valence-corrected chi connectivity index (χ0v) is 9.47. The van der Waals surface area contributed by atoms with Crippen LogP contribution in [-0.2, 0) is 6.42 Å². The maximum atomic E-state index is 4.23. The molecule has 0 amide bonds. The zero-order valence-electron chi connectivity index (χ0n) is 8.58. The van der Waals surface area contributed by atoms with Crippen molar-refractivity contribution in [3.8, 4) is 0 Å². The average molecular weight is 206 g/mol. The normalized spacial score (nSPS) is 16.6. The SMILES string of the molecule is SCCCc1ccc(C2CCC2)cc1. The van der Waals surface area contributed by atoms with Crippen LogP contribution in [0.3, 0.4) is 0 Å². The summed E-state index contributed by atoms with van der Waals surface area (Å²) in [6.07, 6.45) is 6.58. The maximum Gasteiger partial charge on any atom is -0.00947 e. The van der Waals surface area contributed by atoms with Crippen LogP contribution in [0.5, 0.6) is 0 Å². The highest BCUT2D eigenvalue weighted by atomic mass is 32.1. The fourth-order valence-corrected chi connectivity index (χ4v) is 2.14. The second kappa shape index (κ2) is 4.88. The van der Waals surface area contributed by atoms with E-state index in [0.717, 1.165) is 11.7 Å². The molecule has 0 atom stereocenters. The Hall–Kier alpha value is -0.430. The van der Waals surface area contributed by atoms with Gasteiger partial charge in [-0.15, -0.1) is 0 Å². The molecule has 76 valence electrons. The van der Waals surface area contributed by atoms with Gasteiger partial charge >= 0.3 is 0 Å². The van der Waals surface area contributed by atoms with Crippen molar-refractivity contribution in [1.82, 2.24) is 0 Å². The molecule has 0 spiro atoms. The second-order valence-corrected chi connectivity index (χ2v) is 4.64. The van der Waals surface area contributed by atoms with Gasteiger partial charge in [0.1, 0.15) is 0 Å². The van der Waals surface area contributed by atoms with E-state index in [0.29, 0.717) is 0 Å². The summed E-state index contributed by atoms with van der Waals surface area (Å²) in [6.45, 7) is 0. The Morgan fingerprint density at radius 2 is 1.86 bits per heavy atom. The largest absolute Gasteiger partial charge is 0.179 e. The molecule has 0 unspecified atom stereocenters. The van der Waals surface area contributed by atoms with Gasteiger partial charge in [-0.25, -0.2) is 0 Å². The first-order valence-corrected chi connectivity index (χ1v) is 6.23. The van der Waals surface area contributed by atoms with E-state index in [9.17, 15) is 0 Å². The minimum Gasteiger partial charge on any atom is -0.179 e. The van der Waals surface area contributed by atoms with Gasteiger partial charge in [0.2, 0.25) is 0 Å². The third-order valence-electron chi connectivity index (χ3n) is 3.18. The molecule has 0 bridgehead atoms. The summed E-state index contributed by atoms with van der Waals surface area (Å²) in [7, 11) is 0. The predicted octanol–water partition coefficient (Wildman–Crippen LogP) is 3.82. The number of thiol groups is 1. The van der Waals surface area contributed by atoms with E-state index in [4.69, 9.17) is 0 Å². The predicted molar refractivity (Wildman–Crippen MR) is 65.2 cm³/mol. The summed E-state index contributed by atoms with van der Waals surface area (Å²) in [6, 6.07) is 9.21. The molecule has 0 aliphatic heterocycles. The fraction of sp³-hybridized carbons (Fsp3) is 0.538. The summed E-state index contributed by atoms with van der Waals surface area (Å²) in [5, 5.41) is 0. The first-order chi connectivity index (χ1) is 6.90. The Labute approximate surface area is 92.1 Å². The molecular formula is C13H18S. The third-order valence-corrected chi connectivity index (χ3v) is 3.50. The molecule has 0 aromatic heterocycles. The summed E-state index contributed by atoms with van der Waals surface area (Å²) in [4.78, 5) is 0. The summed E-state index contributed by atoms with van der Waals surface area (Å²) in [5.74, 6) is 1.86. The van der Waals surface area contributed by atoms with Crippen molar-refractivity contribution in [2.24, 2.45) is 0 Å². The van der Waals surface area contributed by atoms with Crippen molar-refractivity contribution in [1.29, 1.82) is 0 Å². The van der Waals surface area contributed by atoms with E-state index in [1.54, 1.807) is 5.56 Å². The quantitative estimate of drug-likeness (QED) is 0.711. The topological polar surface area (TPSA) is 0 Å². The van der Waals surface area contributed by atoms with Gasteiger partial charge in [-0.2, -0.15) is 12.6 Å². The van der Waals surface area contributed by atoms with Crippen LogP contribution in [0, 0.1) is 0 Å². The van der Waals surface area contributed by atoms with Crippen molar-refractivity contribution >= 4 is 12.6 Å². The molecule has 0 nitrogen and oxygen atoms in total. The van der Waals surface area contributed by atoms with E-state index >= 15 is 0 Å². The van der Waals surface area contributed by atoms with Gasteiger partial charge in [-0.1, -0.05) is 30.7 Å². The number of benzene rings is 1. The summed E-state index contributed by atoms with van der Waals surface area (Å²) >= 11 is 4.23. The van der Waals surface area contributed by atoms with E-state index in [2.05, 4.69) is 36.9 Å². The molecule has 2 rings (SSSR count). The lowest BCUT2D eigenvalue weighted by Gasteiger charge is -2.25. The molecule has 0 radical (unpaired) electrons. The van der Waals surface area contributed by atoms with Gasteiger partial charge in [-0.3, -0.25) is 0 Å². The van der Waals surface area contributed by atoms with Gasteiger partial charge in [0, 0.05) is 0 Å². The van der Waals surface area contributed by atoms with Crippen molar-refractivity contribution in [3.63, 3.8) is 0 Å². The Bertz CT molecular complexity index is 272. The lowest BCUT2D eigenvalue weighted by Crippen LogP contribution is -2.08. The molecule has 1 aromatic carbocycles. The van der Waals surface area contributed by atoms with Crippen LogP contribution in [0.25, 0.3) is 0 Å². The monoisotopic (exact) mass is 206 g/mol. The summed E-state index contributed by atoms with van der Waals surface area (Å²) < 4.78 is 0. The van der Waals surface area contributed by atoms with E-state index in [1.165, 1.54) is 37.7 Å². The molecule has 0 N–H and O–H groups in total. The van der Waals surface area contributed by atoms with Gasteiger partial charge in [0.05, 0.1) is 0 Å². The van der Waals surface area contributed by atoms with Crippen molar-refractivity contribution in [2.45, 2.75) is 38.0 Å². The Morgan fingerprint density at radius 3 is 2.36 bits per heavy atom. The average Bonchev–Trinajstić information content (AvgIpc) is 2.14. The molecule has 1 heteroatoms. The molecule has 1 saturated carbocycles. The van der Waals surface area contributed by atoms with Crippen LogP contribution in [0.15, 0.2) is 24.3 Å². The van der Waals surface area contributed by atoms with Crippen LogP contribution >= 0.6 is 12.6 Å². The van der Waals surface area contributed by atoms with E-state index < -0.39 is 0 Å². The fourth-order valence-electron chi connectivity index (χ4n) is 1.98. The highest BCUT2D eigenvalue weighted by Gasteiger charge is 2.18. The second-order valence-electron chi connectivity index (χ2n) is 4.20. The van der Waals surface area contributed by atoms with Crippen molar-refractivity contribution in [3.05, 3.63) is 35.4 Å². The Balaban J connectivity index is 1.95. The smallest absolute Gasteiger partial charge is 0.00947 e. The lowest BCUT2D eigenvalue weighted by molar-refractivity contribution is 0.419. The number of rotatable bonds is 4. The molecule has 1 aliphatic rings. The minimum atomic E-state index is 0.869. The Morgan fingerprint density at radius 1 is 1.14 bits per heavy atom. The molecule has 1 aliphatic carbocycles. The van der Waals surface area contributed by atoms with Crippen LogP contribution < -0.4 is 0 Å². The molecule has 0 saturated heterocycles.